The van der Waals surface area contributed by atoms with Crippen LogP contribution in [0.4, 0.5) is 0 Å². The molecule has 0 aliphatic rings. The molecule has 0 atom stereocenters. The molecule has 0 spiro atoms. The van der Waals surface area contributed by atoms with Gasteiger partial charge in [0.15, 0.2) is 17.8 Å². The molecule has 4 heteroatoms. The standard InChI is InChI=1S/C25H20O3P/c26-18-20-16-17-25(28-20)24(27)19-29(21-10-4-1-5-11-21,22-12-6-2-7-13-22)23-14-8-3-9-15-23/h1-18H,19H2/q+1. The third-order valence-corrected chi connectivity index (χ3v) is 9.29. The number of Topliss-reactive ketones (excluding diaryl/α,β-unsaturated/α-hetero) is 1. The van der Waals surface area contributed by atoms with Gasteiger partial charge in [-0.05, 0) is 48.5 Å². The lowest BCUT2D eigenvalue weighted by molar-refractivity contribution is 0.0987. The van der Waals surface area contributed by atoms with Crippen LogP contribution >= 0.6 is 7.26 Å². The molecule has 1 heterocycles. The molecular weight excluding hydrogens is 379 g/mol. The van der Waals surface area contributed by atoms with Crippen LogP contribution in [-0.4, -0.2) is 18.2 Å². The van der Waals surface area contributed by atoms with Crippen LogP contribution in [-0.2, 0) is 0 Å². The number of carbonyl (C=O) groups is 2. The van der Waals surface area contributed by atoms with Crippen molar-refractivity contribution in [3.8, 4) is 0 Å². The van der Waals surface area contributed by atoms with Gasteiger partial charge < -0.3 is 4.42 Å². The summed E-state index contributed by atoms with van der Waals surface area (Å²) in [6.07, 6.45) is 0.904. The van der Waals surface area contributed by atoms with Crippen LogP contribution in [0.5, 0.6) is 0 Å². The van der Waals surface area contributed by atoms with Crippen molar-refractivity contribution < 1.29 is 14.0 Å². The van der Waals surface area contributed by atoms with Gasteiger partial charge in [0.25, 0.3) is 0 Å². The van der Waals surface area contributed by atoms with Gasteiger partial charge in [0.2, 0.25) is 5.78 Å². The number of hydrogen-bond donors (Lipinski definition) is 0. The highest BCUT2D eigenvalue weighted by Crippen LogP contribution is 2.55. The Hall–Kier alpha value is -3.29. The molecule has 29 heavy (non-hydrogen) atoms. The molecule has 3 aromatic carbocycles. The molecule has 0 N–H and O–H groups in total. The first-order valence-electron chi connectivity index (χ1n) is 9.37. The van der Waals surface area contributed by atoms with E-state index in [1.54, 1.807) is 6.07 Å². The minimum Gasteiger partial charge on any atom is -0.450 e. The first-order chi connectivity index (χ1) is 14.2. The fraction of sp³-hybridized carbons (Fsp3) is 0.0400. The molecule has 0 aliphatic heterocycles. The van der Waals surface area contributed by atoms with Crippen molar-refractivity contribution in [2.45, 2.75) is 0 Å². The third-order valence-electron chi connectivity index (χ3n) is 4.99. The number of ketones is 1. The first kappa shape index (κ1) is 19.0. The van der Waals surface area contributed by atoms with E-state index in [-0.39, 0.29) is 23.5 Å². The lowest BCUT2D eigenvalue weighted by Gasteiger charge is -2.26. The van der Waals surface area contributed by atoms with E-state index in [1.807, 2.05) is 54.6 Å². The molecule has 0 aliphatic carbocycles. The molecular formula is C25H20O3P+. The van der Waals surface area contributed by atoms with E-state index in [9.17, 15) is 9.59 Å². The van der Waals surface area contributed by atoms with Crippen molar-refractivity contribution >= 4 is 35.2 Å². The Labute approximate surface area is 170 Å². The van der Waals surface area contributed by atoms with Crippen LogP contribution in [0.3, 0.4) is 0 Å². The summed E-state index contributed by atoms with van der Waals surface area (Å²) in [4.78, 5) is 24.3. The Balaban J connectivity index is 1.92. The van der Waals surface area contributed by atoms with Crippen molar-refractivity contribution in [3.63, 3.8) is 0 Å². The molecule has 0 radical (unpaired) electrons. The van der Waals surface area contributed by atoms with Gasteiger partial charge in [-0.2, -0.15) is 0 Å². The second-order valence-electron chi connectivity index (χ2n) is 6.72. The topological polar surface area (TPSA) is 47.3 Å². The largest absolute Gasteiger partial charge is 0.450 e. The number of carbonyl (C=O) groups excluding carboxylic acids is 2. The van der Waals surface area contributed by atoms with E-state index in [0.717, 1.165) is 15.9 Å². The maximum Gasteiger partial charge on any atom is 0.236 e. The van der Waals surface area contributed by atoms with Gasteiger partial charge in [-0.1, -0.05) is 54.6 Å². The van der Waals surface area contributed by atoms with Crippen molar-refractivity contribution in [2.24, 2.45) is 0 Å². The van der Waals surface area contributed by atoms with Gasteiger partial charge in [0.05, 0.1) is 0 Å². The van der Waals surface area contributed by atoms with E-state index in [1.165, 1.54) is 6.07 Å². The number of aldehydes is 1. The van der Waals surface area contributed by atoms with Crippen molar-refractivity contribution in [1.82, 2.24) is 0 Å². The van der Waals surface area contributed by atoms with Crippen LogP contribution in [0.15, 0.2) is 108 Å². The second-order valence-corrected chi connectivity index (χ2v) is 10.2. The Morgan fingerprint density at radius 2 is 1.14 bits per heavy atom. The number of benzene rings is 3. The molecule has 0 saturated heterocycles. The average Bonchev–Trinajstić information content (AvgIpc) is 3.29. The maximum atomic E-state index is 13.3. The summed E-state index contributed by atoms with van der Waals surface area (Å²) in [7, 11) is -2.27. The van der Waals surface area contributed by atoms with Crippen LogP contribution in [0.2, 0.25) is 0 Å². The van der Waals surface area contributed by atoms with Gasteiger partial charge in [0.1, 0.15) is 29.3 Å². The Bertz CT molecular complexity index is 1010. The van der Waals surface area contributed by atoms with Gasteiger partial charge in [-0.3, -0.25) is 9.59 Å². The monoisotopic (exact) mass is 399 g/mol. The van der Waals surface area contributed by atoms with E-state index in [0.29, 0.717) is 6.29 Å². The summed E-state index contributed by atoms with van der Waals surface area (Å²) in [5.41, 5.74) is 0. The summed E-state index contributed by atoms with van der Waals surface area (Å²) >= 11 is 0. The normalized spacial score (nSPS) is 11.2. The smallest absolute Gasteiger partial charge is 0.236 e. The molecule has 0 fully saturated rings. The summed E-state index contributed by atoms with van der Waals surface area (Å²) in [6.45, 7) is 0. The Morgan fingerprint density at radius 3 is 1.52 bits per heavy atom. The zero-order chi connectivity index (χ0) is 20.1. The van der Waals surface area contributed by atoms with Gasteiger partial charge >= 0.3 is 0 Å². The predicted octanol–water partition coefficient (Wildman–Crippen LogP) is 4.27. The molecule has 4 aromatic rings. The zero-order valence-corrected chi connectivity index (χ0v) is 16.7. The molecule has 0 amide bonds. The van der Waals surface area contributed by atoms with Gasteiger partial charge in [-0.25, -0.2) is 0 Å². The summed E-state index contributed by atoms with van der Waals surface area (Å²) < 4.78 is 5.45. The average molecular weight is 399 g/mol. The van der Waals surface area contributed by atoms with Crippen LogP contribution < -0.4 is 15.9 Å². The molecule has 0 bridgehead atoms. The molecule has 1 aromatic heterocycles. The van der Waals surface area contributed by atoms with Crippen LogP contribution in [0.1, 0.15) is 21.1 Å². The zero-order valence-electron chi connectivity index (χ0n) is 15.8. The van der Waals surface area contributed by atoms with E-state index in [4.69, 9.17) is 4.42 Å². The second kappa shape index (κ2) is 8.38. The lowest BCUT2D eigenvalue weighted by Crippen LogP contribution is -2.35. The molecule has 0 saturated carbocycles. The van der Waals surface area contributed by atoms with Crippen molar-refractivity contribution in [3.05, 3.63) is 115 Å². The van der Waals surface area contributed by atoms with Crippen LogP contribution in [0.25, 0.3) is 0 Å². The minimum atomic E-state index is -2.27. The molecule has 142 valence electrons. The van der Waals surface area contributed by atoms with Crippen LogP contribution in [0, 0.1) is 0 Å². The highest BCUT2D eigenvalue weighted by atomic mass is 31.2. The maximum absolute atomic E-state index is 13.3. The van der Waals surface area contributed by atoms with Gasteiger partial charge in [-0.15, -0.1) is 0 Å². The lowest BCUT2D eigenvalue weighted by atomic mass is 10.3. The fourth-order valence-electron chi connectivity index (χ4n) is 3.63. The van der Waals surface area contributed by atoms with Crippen molar-refractivity contribution in [2.75, 3.05) is 6.16 Å². The minimum absolute atomic E-state index is 0.108. The SMILES string of the molecule is O=Cc1ccc(C(=O)C[P+](c2ccccc2)(c2ccccc2)c2ccccc2)o1. The van der Waals surface area contributed by atoms with Crippen molar-refractivity contribution in [1.29, 1.82) is 0 Å². The van der Waals surface area contributed by atoms with E-state index < -0.39 is 7.26 Å². The predicted molar refractivity (Wildman–Crippen MR) is 118 cm³/mol. The quantitative estimate of drug-likeness (QED) is 0.265. The Morgan fingerprint density at radius 1 is 0.690 bits per heavy atom. The molecule has 3 nitrogen and oxygen atoms in total. The number of hydrogen-bond acceptors (Lipinski definition) is 3. The van der Waals surface area contributed by atoms with Gasteiger partial charge in [0, 0.05) is 0 Å². The molecule has 4 rings (SSSR count). The highest BCUT2D eigenvalue weighted by Gasteiger charge is 2.47. The summed E-state index contributed by atoms with van der Waals surface area (Å²) in [5, 5.41) is 3.40. The van der Waals surface area contributed by atoms with E-state index >= 15 is 0 Å². The highest BCUT2D eigenvalue weighted by molar-refractivity contribution is 7.96. The number of rotatable bonds is 7. The van der Waals surface area contributed by atoms with E-state index in [2.05, 4.69) is 36.4 Å². The molecule has 0 unspecified atom stereocenters. The Kier molecular flexibility index (Phi) is 5.50. The summed E-state index contributed by atoms with van der Waals surface area (Å²) in [6, 6.07) is 33.7. The fourth-order valence-corrected chi connectivity index (χ4v) is 7.70. The number of furan rings is 1. The third kappa shape index (κ3) is 3.70. The summed E-state index contributed by atoms with van der Waals surface area (Å²) in [5.74, 6) is 0.277. The first-order valence-corrected chi connectivity index (χ1v) is 11.3.